The zero-order valence-corrected chi connectivity index (χ0v) is 16.4. The van der Waals surface area contributed by atoms with Crippen molar-refractivity contribution in [3.8, 4) is 11.5 Å². The Morgan fingerprint density at radius 3 is 2.56 bits per heavy atom. The molecular formula is C21H22N2O3S. The summed E-state index contributed by atoms with van der Waals surface area (Å²) in [5, 5.41) is 6.69. The van der Waals surface area contributed by atoms with E-state index in [1.54, 1.807) is 14.0 Å². The van der Waals surface area contributed by atoms with Gasteiger partial charge in [0.2, 0.25) is 0 Å². The Hall–Kier alpha value is -2.86. The monoisotopic (exact) mass is 382 g/mol. The maximum absolute atomic E-state index is 12.2. The van der Waals surface area contributed by atoms with E-state index in [0.717, 1.165) is 16.8 Å². The van der Waals surface area contributed by atoms with Crippen LogP contribution < -0.4 is 20.1 Å². The Kier molecular flexibility index (Phi) is 5.76. The number of Topliss-reactive ketones (excluding diaryl/α,β-unsaturated/α-hetero) is 1. The first kappa shape index (κ1) is 18.9. The molecule has 6 heteroatoms. The third kappa shape index (κ3) is 4.28. The highest BCUT2D eigenvalue weighted by atomic mass is 32.1. The van der Waals surface area contributed by atoms with Crippen molar-refractivity contribution in [3.05, 3.63) is 70.9 Å². The molecule has 0 amide bonds. The van der Waals surface area contributed by atoms with Gasteiger partial charge in [0.1, 0.15) is 6.61 Å². The molecule has 0 fully saturated rings. The fourth-order valence-corrected chi connectivity index (χ4v) is 3.40. The number of ether oxygens (including phenoxy) is 2. The minimum Gasteiger partial charge on any atom is -0.493 e. The molecule has 2 aromatic rings. The Bertz CT molecular complexity index is 894. The molecular weight excluding hydrogens is 360 g/mol. The van der Waals surface area contributed by atoms with Crippen molar-refractivity contribution in [2.75, 3.05) is 7.11 Å². The topological polar surface area (TPSA) is 59.6 Å². The SMILES string of the molecule is COc1ccc(C2NC(=S)NC(C)=C2C(C)=O)cc1OCc1ccccc1. The van der Waals surface area contributed by atoms with Crippen molar-refractivity contribution in [2.24, 2.45) is 0 Å². The van der Waals surface area contributed by atoms with Gasteiger partial charge in [0, 0.05) is 11.3 Å². The van der Waals surface area contributed by atoms with Gasteiger partial charge in [-0.15, -0.1) is 0 Å². The number of hydrogen-bond donors (Lipinski definition) is 2. The van der Waals surface area contributed by atoms with Crippen LogP contribution >= 0.6 is 12.2 Å². The Labute approximate surface area is 164 Å². The molecule has 1 unspecified atom stereocenters. The highest BCUT2D eigenvalue weighted by molar-refractivity contribution is 7.80. The molecule has 0 saturated carbocycles. The summed E-state index contributed by atoms with van der Waals surface area (Å²) < 4.78 is 11.4. The van der Waals surface area contributed by atoms with Crippen molar-refractivity contribution in [3.63, 3.8) is 0 Å². The summed E-state index contributed by atoms with van der Waals surface area (Å²) in [7, 11) is 1.60. The molecule has 0 aromatic heterocycles. The van der Waals surface area contributed by atoms with E-state index in [1.165, 1.54) is 0 Å². The zero-order chi connectivity index (χ0) is 19.4. The summed E-state index contributed by atoms with van der Waals surface area (Å²) in [6.07, 6.45) is 0. The molecule has 0 spiro atoms. The molecule has 2 aromatic carbocycles. The van der Waals surface area contributed by atoms with Gasteiger partial charge in [-0.05, 0) is 49.3 Å². The molecule has 1 aliphatic heterocycles. The van der Waals surface area contributed by atoms with E-state index >= 15 is 0 Å². The minimum absolute atomic E-state index is 0.0115. The van der Waals surface area contributed by atoms with Crippen molar-refractivity contribution in [1.29, 1.82) is 0 Å². The number of carbonyl (C=O) groups excluding carboxylic acids is 1. The molecule has 0 bridgehead atoms. The lowest BCUT2D eigenvalue weighted by Crippen LogP contribution is -2.44. The number of rotatable bonds is 6. The van der Waals surface area contributed by atoms with Crippen LogP contribution in [0, 0.1) is 0 Å². The highest BCUT2D eigenvalue weighted by Gasteiger charge is 2.28. The highest BCUT2D eigenvalue weighted by Crippen LogP contribution is 2.34. The molecule has 0 radical (unpaired) electrons. The van der Waals surface area contributed by atoms with Gasteiger partial charge in [-0.25, -0.2) is 0 Å². The van der Waals surface area contributed by atoms with Crippen molar-refractivity contribution in [1.82, 2.24) is 10.6 Å². The number of allylic oxidation sites excluding steroid dienone is 1. The first-order valence-electron chi connectivity index (χ1n) is 8.63. The molecule has 27 heavy (non-hydrogen) atoms. The summed E-state index contributed by atoms with van der Waals surface area (Å²) in [4.78, 5) is 12.2. The van der Waals surface area contributed by atoms with Gasteiger partial charge in [-0.3, -0.25) is 4.79 Å². The van der Waals surface area contributed by atoms with Crippen molar-refractivity contribution < 1.29 is 14.3 Å². The summed E-state index contributed by atoms with van der Waals surface area (Å²) >= 11 is 5.27. The third-order valence-corrected chi connectivity index (χ3v) is 4.63. The number of methoxy groups -OCH3 is 1. The summed E-state index contributed by atoms with van der Waals surface area (Å²) in [5.41, 5.74) is 3.36. The Morgan fingerprint density at radius 2 is 1.89 bits per heavy atom. The normalized spacial score (nSPS) is 16.4. The van der Waals surface area contributed by atoms with Crippen LogP contribution in [0.1, 0.15) is 31.0 Å². The van der Waals surface area contributed by atoms with Crippen molar-refractivity contribution >= 4 is 23.1 Å². The van der Waals surface area contributed by atoms with Crippen LogP contribution in [0.15, 0.2) is 59.8 Å². The predicted molar refractivity (Wildman–Crippen MR) is 109 cm³/mol. The Morgan fingerprint density at radius 1 is 1.15 bits per heavy atom. The fourth-order valence-electron chi connectivity index (χ4n) is 3.13. The molecule has 3 rings (SSSR count). The largest absolute Gasteiger partial charge is 0.493 e. The number of thiocarbonyl (C=S) groups is 1. The van der Waals surface area contributed by atoms with E-state index in [1.807, 2.05) is 55.5 Å². The first-order chi connectivity index (χ1) is 13.0. The molecule has 1 heterocycles. The van der Waals surface area contributed by atoms with E-state index in [4.69, 9.17) is 21.7 Å². The fraction of sp³-hybridized carbons (Fsp3) is 0.238. The van der Waals surface area contributed by atoms with Gasteiger partial charge in [-0.2, -0.15) is 0 Å². The van der Waals surface area contributed by atoms with Crippen LogP contribution in [-0.4, -0.2) is 18.0 Å². The number of ketones is 1. The van der Waals surface area contributed by atoms with Gasteiger partial charge < -0.3 is 20.1 Å². The van der Waals surface area contributed by atoms with Gasteiger partial charge in [0.25, 0.3) is 0 Å². The molecule has 140 valence electrons. The molecule has 0 aliphatic carbocycles. The molecule has 2 N–H and O–H groups in total. The van der Waals surface area contributed by atoms with Crippen LogP contribution in [0.5, 0.6) is 11.5 Å². The van der Waals surface area contributed by atoms with Gasteiger partial charge >= 0.3 is 0 Å². The maximum Gasteiger partial charge on any atom is 0.171 e. The quantitative estimate of drug-likeness (QED) is 0.744. The minimum atomic E-state index is -0.332. The Balaban J connectivity index is 1.93. The predicted octanol–water partition coefficient (Wildman–Crippen LogP) is 3.66. The number of carbonyl (C=O) groups is 1. The summed E-state index contributed by atoms with van der Waals surface area (Å²) in [6.45, 7) is 3.83. The lowest BCUT2D eigenvalue weighted by Gasteiger charge is -2.30. The standard InChI is InChI=1S/C21H22N2O3S/c1-13-19(14(2)24)20(23-21(27)22-13)16-9-10-17(25-3)18(11-16)26-12-15-7-5-4-6-8-15/h4-11,20H,12H2,1-3H3,(H2,22,23,27). The number of nitrogens with one attached hydrogen (secondary N) is 2. The zero-order valence-electron chi connectivity index (χ0n) is 15.5. The lowest BCUT2D eigenvalue weighted by atomic mass is 9.93. The van der Waals surface area contributed by atoms with Crippen LogP contribution in [0.25, 0.3) is 0 Å². The van der Waals surface area contributed by atoms with E-state index in [-0.39, 0.29) is 11.8 Å². The van der Waals surface area contributed by atoms with Crippen LogP contribution in [0.4, 0.5) is 0 Å². The third-order valence-electron chi connectivity index (χ3n) is 4.41. The summed E-state index contributed by atoms with van der Waals surface area (Å²) in [6, 6.07) is 15.2. The first-order valence-corrected chi connectivity index (χ1v) is 9.04. The van der Waals surface area contributed by atoms with Crippen LogP contribution in [-0.2, 0) is 11.4 Å². The maximum atomic E-state index is 12.2. The molecule has 5 nitrogen and oxygen atoms in total. The van der Waals surface area contributed by atoms with E-state index in [0.29, 0.717) is 28.8 Å². The van der Waals surface area contributed by atoms with Gasteiger partial charge in [0.05, 0.1) is 13.2 Å². The summed E-state index contributed by atoms with van der Waals surface area (Å²) in [5.74, 6) is 1.24. The smallest absolute Gasteiger partial charge is 0.171 e. The van der Waals surface area contributed by atoms with Gasteiger partial charge in [-0.1, -0.05) is 36.4 Å². The second kappa shape index (κ2) is 8.22. The molecule has 0 saturated heterocycles. The molecule has 1 aliphatic rings. The number of benzene rings is 2. The van der Waals surface area contributed by atoms with Crippen LogP contribution in [0.2, 0.25) is 0 Å². The average Bonchev–Trinajstić information content (AvgIpc) is 2.66. The number of hydrogen-bond acceptors (Lipinski definition) is 4. The van der Waals surface area contributed by atoms with E-state index in [2.05, 4.69) is 10.6 Å². The average molecular weight is 382 g/mol. The lowest BCUT2D eigenvalue weighted by molar-refractivity contribution is -0.114. The van der Waals surface area contributed by atoms with Gasteiger partial charge in [0.15, 0.2) is 22.4 Å². The van der Waals surface area contributed by atoms with Crippen molar-refractivity contribution in [2.45, 2.75) is 26.5 Å². The van der Waals surface area contributed by atoms with E-state index in [9.17, 15) is 4.79 Å². The molecule has 1 atom stereocenters. The van der Waals surface area contributed by atoms with E-state index < -0.39 is 0 Å². The van der Waals surface area contributed by atoms with Crippen LogP contribution in [0.3, 0.4) is 0 Å². The second-order valence-electron chi connectivity index (χ2n) is 6.31. The second-order valence-corrected chi connectivity index (χ2v) is 6.72.